The highest BCUT2D eigenvalue weighted by Gasteiger charge is 2.07. The van der Waals surface area contributed by atoms with Gasteiger partial charge in [0.25, 0.3) is 0 Å². The monoisotopic (exact) mass is 338 g/mol. The Morgan fingerprint density at radius 2 is 1.95 bits per heavy atom. The van der Waals surface area contributed by atoms with Crippen LogP contribution in [-0.2, 0) is 6.42 Å². The molecule has 0 amide bonds. The maximum atomic E-state index is 6.08. The molecule has 0 atom stereocenters. The molecule has 2 nitrogen and oxygen atoms in total. The van der Waals surface area contributed by atoms with Crippen molar-refractivity contribution in [2.45, 2.75) is 20.3 Å². The van der Waals surface area contributed by atoms with Gasteiger partial charge < -0.3 is 11.1 Å². The van der Waals surface area contributed by atoms with Crippen molar-refractivity contribution >= 4 is 44.6 Å². The maximum absolute atomic E-state index is 6.08. The number of nitrogens with two attached hydrogens (primary N) is 1. The molecule has 0 aliphatic carbocycles. The molecule has 2 aromatic rings. The first-order chi connectivity index (χ1) is 9.01. The summed E-state index contributed by atoms with van der Waals surface area (Å²) in [6.45, 7) is 4.15. The van der Waals surface area contributed by atoms with Crippen LogP contribution in [0.4, 0.5) is 17.1 Å². The fourth-order valence-corrected chi connectivity index (χ4v) is 2.53. The first kappa shape index (κ1) is 14.2. The quantitative estimate of drug-likeness (QED) is 0.745. The molecule has 0 radical (unpaired) electrons. The van der Waals surface area contributed by atoms with Crippen molar-refractivity contribution in [2.24, 2.45) is 0 Å². The standard InChI is InChI=1S/C15H16BrClN2/c1-3-10-7-11(16)4-5-14(10)19-15-8-12(17)13(18)6-9(15)2/h4-8,19H,3,18H2,1-2H3. The maximum Gasteiger partial charge on any atom is 0.0656 e. The van der Waals surface area contributed by atoms with Gasteiger partial charge in [-0.2, -0.15) is 0 Å². The zero-order valence-electron chi connectivity index (χ0n) is 10.9. The molecule has 0 saturated heterocycles. The summed E-state index contributed by atoms with van der Waals surface area (Å²) in [5.74, 6) is 0. The molecule has 0 heterocycles. The number of nitrogens with one attached hydrogen (secondary N) is 1. The van der Waals surface area contributed by atoms with Gasteiger partial charge in [-0.1, -0.05) is 34.5 Å². The molecule has 0 saturated carbocycles. The number of anilines is 3. The lowest BCUT2D eigenvalue weighted by Gasteiger charge is -2.14. The molecule has 4 heteroatoms. The van der Waals surface area contributed by atoms with Crippen LogP contribution in [0.3, 0.4) is 0 Å². The Morgan fingerprint density at radius 1 is 1.21 bits per heavy atom. The van der Waals surface area contributed by atoms with Crippen molar-refractivity contribution in [1.29, 1.82) is 0 Å². The molecule has 0 unspecified atom stereocenters. The van der Waals surface area contributed by atoms with E-state index < -0.39 is 0 Å². The second-order valence-corrected chi connectivity index (χ2v) is 5.79. The van der Waals surface area contributed by atoms with Gasteiger partial charge in [-0.05, 0) is 54.8 Å². The van der Waals surface area contributed by atoms with Gasteiger partial charge in [0.2, 0.25) is 0 Å². The summed E-state index contributed by atoms with van der Waals surface area (Å²) in [6, 6.07) is 9.96. The zero-order chi connectivity index (χ0) is 14.0. The van der Waals surface area contributed by atoms with E-state index in [0.717, 1.165) is 27.8 Å². The molecule has 0 aliphatic heterocycles. The van der Waals surface area contributed by atoms with Crippen LogP contribution in [-0.4, -0.2) is 0 Å². The van der Waals surface area contributed by atoms with Gasteiger partial charge in [0.1, 0.15) is 0 Å². The average molecular weight is 340 g/mol. The van der Waals surface area contributed by atoms with Crippen molar-refractivity contribution in [3.63, 3.8) is 0 Å². The third-order valence-electron chi connectivity index (χ3n) is 3.06. The summed E-state index contributed by atoms with van der Waals surface area (Å²) in [6.07, 6.45) is 0.962. The smallest absolute Gasteiger partial charge is 0.0656 e. The minimum atomic E-state index is 0.572. The summed E-state index contributed by atoms with van der Waals surface area (Å²) in [5.41, 5.74) is 10.8. The minimum Gasteiger partial charge on any atom is -0.398 e. The summed E-state index contributed by atoms with van der Waals surface area (Å²) < 4.78 is 1.09. The highest BCUT2D eigenvalue weighted by atomic mass is 79.9. The van der Waals surface area contributed by atoms with E-state index >= 15 is 0 Å². The number of hydrogen-bond donors (Lipinski definition) is 2. The predicted octanol–water partition coefficient (Wildman–Crippen LogP) is 5.30. The van der Waals surface area contributed by atoms with Crippen molar-refractivity contribution < 1.29 is 0 Å². The Labute approximate surface area is 127 Å². The van der Waals surface area contributed by atoms with E-state index in [4.69, 9.17) is 17.3 Å². The molecule has 3 N–H and O–H groups in total. The third kappa shape index (κ3) is 3.23. The van der Waals surface area contributed by atoms with E-state index in [1.54, 1.807) is 0 Å². The largest absolute Gasteiger partial charge is 0.398 e. The molecule has 100 valence electrons. The number of halogens is 2. The first-order valence-electron chi connectivity index (χ1n) is 6.12. The van der Waals surface area contributed by atoms with E-state index in [9.17, 15) is 0 Å². The molecule has 2 rings (SSSR count). The number of hydrogen-bond acceptors (Lipinski definition) is 2. The molecule has 19 heavy (non-hydrogen) atoms. The number of rotatable bonds is 3. The molecule has 2 aromatic carbocycles. The molecule has 0 aromatic heterocycles. The SMILES string of the molecule is CCc1cc(Br)ccc1Nc1cc(Cl)c(N)cc1C. The second kappa shape index (κ2) is 5.85. The molecule has 0 aliphatic rings. The normalized spacial score (nSPS) is 10.5. The van der Waals surface area contributed by atoms with E-state index in [1.807, 2.05) is 25.1 Å². The Hall–Kier alpha value is -1.19. The van der Waals surface area contributed by atoms with E-state index in [-0.39, 0.29) is 0 Å². The first-order valence-corrected chi connectivity index (χ1v) is 7.29. The van der Waals surface area contributed by atoms with Gasteiger partial charge in [0, 0.05) is 15.8 Å². The van der Waals surface area contributed by atoms with E-state index in [0.29, 0.717) is 10.7 Å². The fraction of sp³-hybridized carbons (Fsp3) is 0.200. The van der Waals surface area contributed by atoms with Gasteiger partial charge >= 0.3 is 0 Å². The highest BCUT2D eigenvalue weighted by molar-refractivity contribution is 9.10. The molecule has 0 fully saturated rings. The van der Waals surface area contributed by atoms with Crippen molar-refractivity contribution in [3.05, 3.63) is 51.0 Å². The highest BCUT2D eigenvalue weighted by Crippen LogP contribution is 2.31. The molecule has 0 bridgehead atoms. The predicted molar refractivity (Wildman–Crippen MR) is 87.4 cm³/mol. The fourth-order valence-electron chi connectivity index (χ4n) is 1.96. The van der Waals surface area contributed by atoms with Crippen LogP contribution >= 0.6 is 27.5 Å². The van der Waals surface area contributed by atoms with Crippen LogP contribution < -0.4 is 11.1 Å². The van der Waals surface area contributed by atoms with Gasteiger partial charge in [-0.3, -0.25) is 0 Å². The summed E-state index contributed by atoms with van der Waals surface area (Å²) in [5, 5.41) is 4.00. The van der Waals surface area contributed by atoms with Crippen molar-refractivity contribution in [3.8, 4) is 0 Å². The second-order valence-electron chi connectivity index (χ2n) is 4.47. The molecular formula is C15H16BrClN2. The van der Waals surface area contributed by atoms with Crippen molar-refractivity contribution in [2.75, 3.05) is 11.1 Å². The Kier molecular flexibility index (Phi) is 4.38. The number of nitrogen functional groups attached to an aromatic ring is 1. The number of benzene rings is 2. The molecule has 0 spiro atoms. The topological polar surface area (TPSA) is 38.0 Å². The summed E-state index contributed by atoms with van der Waals surface area (Å²) in [7, 11) is 0. The Balaban J connectivity index is 2.39. The van der Waals surface area contributed by atoms with Gasteiger partial charge in [-0.25, -0.2) is 0 Å². The van der Waals surface area contributed by atoms with Crippen LogP contribution in [0.15, 0.2) is 34.8 Å². The van der Waals surface area contributed by atoms with Gasteiger partial charge in [0.15, 0.2) is 0 Å². The van der Waals surface area contributed by atoms with E-state index in [1.165, 1.54) is 5.56 Å². The lowest BCUT2D eigenvalue weighted by molar-refractivity contribution is 1.14. The average Bonchev–Trinajstić information content (AvgIpc) is 2.37. The number of aryl methyl sites for hydroxylation is 2. The van der Waals surface area contributed by atoms with Crippen LogP contribution in [0.25, 0.3) is 0 Å². The molecular weight excluding hydrogens is 324 g/mol. The van der Waals surface area contributed by atoms with Crippen LogP contribution in [0.1, 0.15) is 18.1 Å². The van der Waals surface area contributed by atoms with Gasteiger partial charge in [-0.15, -0.1) is 0 Å². The summed E-state index contributed by atoms with van der Waals surface area (Å²) in [4.78, 5) is 0. The van der Waals surface area contributed by atoms with Crippen LogP contribution in [0.5, 0.6) is 0 Å². The Morgan fingerprint density at radius 3 is 2.63 bits per heavy atom. The minimum absolute atomic E-state index is 0.572. The lowest BCUT2D eigenvalue weighted by Crippen LogP contribution is -1.98. The zero-order valence-corrected chi connectivity index (χ0v) is 13.3. The van der Waals surface area contributed by atoms with Crippen molar-refractivity contribution in [1.82, 2.24) is 0 Å². The summed E-state index contributed by atoms with van der Waals surface area (Å²) >= 11 is 9.57. The van der Waals surface area contributed by atoms with Crippen LogP contribution in [0, 0.1) is 6.92 Å². The van der Waals surface area contributed by atoms with Crippen LogP contribution in [0.2, 0.25) is 5.02 Å². The van der Waals surface area contributed by atoms with E-state index in [2.05, 4.69) is 40.3 Å². The third-order valence-corrected chi connectivity index (χ3v) is 3.88. The lowest BCUT2D eigenvalue weighted by atomic mass is 10.1. The Bertz CT molecular complexity index is 611. The van der Waals surface area contributed by atoms with Gasteiger partial charge in [0.05, 0.1) is 10.7 Å².